The Morgan fingerprint density at radius 1 is 0.846 bits per heavy atom. The molecule has 0 radical (unpaired) electrons. The van der Waals surface area contributed by atoms with Crippen LogP contribution in [0.1, 0.15) is 65.7 Å². The average molecular weight is 182 g/mol. The van der Waals surface area contributed by atoms with E-state index >= 15 is 0 Å². The molecule has 0 heteroatoms. The minimum atomic E-state index is 0.908. The van der Waals surface area contributed by atoms with Crippen LogP contribution in [0.2, 0.25) is 0 Å². The molecular weight excluding hydrogens is 156 g/mol. The third kappa shape index (κ3) is 4.15. The van der Waals surface area contributed by atoms with Crippen molar-refractivity contribution in [2.45, 2.75) is 65.7 Å². The van der Waals surface area contributed by atoms with Gasteiger partial charge < -0.3 is 0 Å². The van der Waals surface area contributed by atoms with E-state index in [2.05, 4.69) is 20.8 Å². The van der Waals surface area contributed by atoms with Crippen molar-refractivity contribution in [2.75, 3.05) is 0 Å². The molecule has 0 aromatic carbocycles. The Balaban J connectivity index is 2.37. The molecular formula is C13H26. The van der Waals surface area contributed by atoms with E-state index in [9.17, 15) is 0 Å². The second-order valence-corrected chi connectivity index (χ2v) is 5.32. The Hall–Kier alpha value is 0. The van der Waals surface area contributed by atoms with E-state index in [-0.39, 0.29) is 0 Å². The van der Waals surface area contributed by atoms with Crippen LogP contribution in [0.15, 0.2) is 0 Å². The van der Waals surface area contributed by atoms with Crippen molar-refractivity contribution in [1.82, 2.24) is 0 Å². The molecule has 1 fully saturated rings. The molecule has 0 aromatic rings. The number of rotatable bonds is 1. The lowest BCUT2D eigenvalue weighted by Gasteiger charge is -2.20. The summed E-state index contributed by atoms with van der Waals surface area (Å²) in [6.07, 6.45) is 10.4. The van der Waals surface area contributed by atoms with Crippen LogP contribution in [0, 0.1) is 17.8 Å². The van der Waals surface area contributed by atoms with Crippen molar-refractivity contribution >= 4 is 0 Å². The van der Waals surface area contributed by atoms with E-state index in [4.69, 9.17) is 0 Å². The Bertz CT molecular complexity index is 126. The molecule has 1 rings (SSSR count). The molecule has 1 saturated carbocycles. The van der Waals surface area contributed by atoms with Crippen molar-refractivity contribution < 1.29 is 0 Å². The van der Waals surface area contributed by atoms with Crippen LogP contribution in [-0.2, 0) is 0 Å². The van der Waals surface area contributed by atoms with Crippen LogP contribution in [0.3, 0.4) is 0 Å². The summed E-state index contributed by atoms with van der Waals surface area (Å²) in [5.74, 6) is 2.91. The van der Waals surface area contributed by atoms with Gasteiger partial charge in [0.2, 0.25) is 0 Å². The highest BCUT2D eigenvalue weighted by Gasteiger charge is 2.16. The quantitative estimate of drug-likeness (QED) is 0.554. The maximum atomic E-state index is 2.43. The zero-order valence-corrected chi connectivity index (χ0v) is 9.68. The molecule has 2 unspecified atom stereocenters. The standard InChI is InChI=1S/C13H26/c1-11(2)13-8-6-4-5-7-12(3)9-10-13/h11-13H,4-10H2,1-3H3. The Morgan fingerprint density at radius 2 is 1.54 bits per heavy atom. The lowest BCUT2D eigenvalue weighted by molar-refractivity contribution is 0.309. The topological polar surface area (TPSA) is 0 Å². The summed E-state index contributed by atoms with van der Waals surface area (Å²) >= 11 is 0. The summed E-state index contributed by atoms with van der Waals surface area (Å²) < 4.78 is 0. The molecule has 78 valence electrons. The van der Waals surface area contributed by atoms with Gasteiger partial charge in [0, 0.05) is 0 Å². The van der Waals surface area contributed by atoms with Gasteiger partial charge in [-0.3, -0.25) is 0 Å². The van der Waals surface area contributed by atoms with Gasteiger partial charge in [0.15, 0.2) is 0 Å². The van der Waals surface area contributed by atoms with Gasteiger partial charge in [-0.05, 0) is 24.2 Å². The normalized spacial score (nSPS) is 32.3. The molecule has 0 N–H and O–H groups in total. The minimum Gasteiger partial charge on any atom is -0.0625 e. The third-order valence-corrected chi connectivity index (χ3v) is 3.74. The monoisotopic (exact) mass is 182 g/mol. The zero-order valence-electron chi connectivity index (χ0n) is 9.68. The largest absolute Gasteiger partial charge is 0.0625 e. The summed E-state index contributed by atoms with van der Waals surface area (Å²) in [6.45, 7) is 7.23. The predicted molar refractivity (Wildman–Crippen MR) is 59.8 cm³/mol. The van der Waals surface area contributed by atoms with E-state index in [0.717, 1.165) is 17.8 Å². The van der Waals surface area contributed by atoms with Crippen molar-refractivity contribution in [3.8, 4) is 0 Å². The summed E-state index contributed by atoms with van der Waals surface area (Å²) in [5, 5.41) is 0. The Labute approximate surface area is 84.1 Å². The van der Waals surface area contributed by atoms with E-state index in [0.29, 0.717) is 0 Å². The molecule has 0 amide bonds. The molecule has 2 atom stereocenters. The maximum absolute atomic E-state index is 2.43. The molecule has 1 aliphatic carbocycles. The van der Waals surface area contributed by atoms with Gasteiger partial charge in [-0.1, -0.05) is 59.3 Å². The SMILES string of the molecule is CC1CCCCCC(C(C)C)CC1. The first-order chi connectivity index (χ1) is 6.20. The second kappa shape index (κ2) is 5.67. The summed E-state index contributed by atoms with van der Waals surface area (Å²) in [4.78, 5) is 0. The average Bonchev–Trinajstić information content (AvgIpc) is 2.17. The second-order valence-electron chi connectivity index (χ2n) is 5.32. The van der Waals surface area contributed by atoms with E-state index in [1.807, 2.05) is 0 Å². The zero-order chi connectivity index (χ0) is 9.68. The molecule has 0 bridgehead atoms. The Kier molecular flexibility index (Phi) is 4.83. The van der Waals surface area contributed by atoms with E-state index in [1.165, 1.54) is 44.9 Å². The van der Waals surface area contributed by atoms with Crippen LogP contribution in [-0.4, -0.2) is 0 Å². The Morgan fingerprint density at radius 3 is 2.23 bits per heavy atom. The van der Waals surface area contributed by atoms with E-state index < -0.39 is 0 Å². The molecule has 0 aromatic heterocycles. The fraction of sp³-hybridized carbons (Fsp3) is 1.00. The fourth-order valence-electron chi connectivity index (χ4n) is 2.53. The van der Waals surface area contributed by atoms with Crippen LogP contribution < -0.4 is 0 Å². The molecule has 0 spiro atoms. The lowest BCUT2D eigenvalue weighted by atomic mass is 9.85. The van der Waals surface area contributed by atoms with Crippen molar-refractivity contribution in [3.05, 3.63) is 0 Å². The lowest BCUT2D eigenvalue weighted by Crippen LogP contribution is -2.09. The molecule has 1 aliphatic rings. The maximum Gasteiger partial charge on any atom is -0.0391 e. The molecule has 0 saturated heterocycles. The van der Waals surface area contributed by atoms with Crippen molar-refractivity contribution in [2.24, 2.45) is 17.8 Å². The first-order valence-electron chi connectivity index (χ1n) is 6.20. The molecule has 13 heavy (non-hydrogen) atoms. The summed E-state index contributed by atoms with van der Waals surface area (Å²) in [7, 11) is 0. The van der Waals surface area contributed by atoms with Gasteiger partial charge in [0.05, 0.1) is 0 Å². The van der Waals surface area contributed by atoms with Crippen LogP contribution in [0.5, 0.6) is 0 Å². The molecule has 0 heterocycles. The highest BCUT2D eigenvalue weighted by molar-refractivity contribution is 4.68. The van der Waals surface area contributed by atoms with Gasteiger partial charge >= 0.3 is 0 Å². The number of hydrogen-bond donors (Lipinski definition) is 0. The first-order valence-corrected chi connectivity index (χ1v) is 6.20. The van der Waals surface area contributed by atoms with Gasteiger partial charge in [-0.2, -0.15) is 0 Å². The first kappa shape index (κ1) is 11.1. The van der Waals surface area contributed by atoms with Gasteiger partial charge in [-0.25, -0.2) is 0 Å². The van der Waals surface area contributed by atoms with Gasteiger partial charge in [0.1, 0.15) is 0 Å². The van der Waals surface area contributed by atoms with Crippen molar-refractivity contribution in [3.63, 3.8) is 0 Å². The fourth-order valence-corrected chi connectivity index (χ4v) is 2.53. The van der Waals surface area contributed by atoms with E-state index in [1.54, 1.807) is 0 Å². The van der Waals surface area contributed by atoms with Gasteiger partial charge in [0.25, 0.3) is 0 Å². The van der Waals surface area contributed by atoms with Crippen LogP contribution >= 0.6 is 0 Å². The smallest absolute Gasteiger partial charge is 0.0391 e. The van der Waals surface area contributed by atoms with Crippen LogP contribution in [0.25, 0.3) is 0 Å². The van der Waals surface area contributed by atoms with Crippen LogP contribution in [0.4, 0.5) is 0 Å². The predicted octanol–water partition coefficient (Wildman–Crippen LogP) is 4.64. The third-order valence-electron chi connectivity index (χ3n) is 3.74. The number of hydrogen-bond acceptors (Lipinski definition) is 0. The van der Waals surface area contributed by atoms with Gasteiger partial charge in [-0.15, -0.1) is 0 Å². The molecule has 0 nitrogen and oxygen atoms in total. The minimum absolute atomic E-state index is 0.908. The molecule has 0 aliphatic heterocycles. The highest BCUT2D eigenvalue weighted by Crippen LogP contribution is 2.29. The summed E-state index contributed by atoms with van der Waals surface area (Å²) in [6, 6.07) is 0. The summed E-state index contributed by atoms with van der Waals surface area (Å²) in [5.41, 5.74) is 0. The van der Waals surface area contributed by atoms with Crippen molar-refractivity contribution in [1.29, 1.82) is 0 Å². The highest BCUT2D eigenvalue weighted by atomic mass is 14.2.